The molecule has 2 aromatic carbocycles. The first-order valence-electron chi connectivity index (χ1n) is 11.5. The smallest absolute Gasteiger partial charge is 0.247 e. The Balaban J connectivity index is 1.39. The monoisotopic (exact) mass is 485 g/mol. The zero-order valence-electron chi connectivity index (χ0n) is 19.0. The Morgan fingerprint density at radius 3 is 2.44 bits per heavy atom. The fraction of sp³-hybridized carbons (Fsp3) is 0.417. The highest BCUT2D eigenvalue weighted by Gasteiger charge is 2.38. The Bertz CT molecular complexity index is 1240. The minimum atomic E-state index is -3.61. The van der Waals surface area contributed by atoms with E-state index in [0.29, 0.717) is 54.7 Å². The van der Waals surface area contributed by atoms with Crippen molar-refractivity contribution in [3.8, 4) is 11.5 Å². The summed E-state index contributed by atoms with van der Waals surface area (Å²) in [5.41, 5.74) is 1.75. The second-order valence-corrected chi connectivity index (χ2v) is 10.6. The van der Waals surface area contributed by atoms with E-state index in [4.69, 9.17) is 9.47 Å². The van der Waals surface area contributed by atoms with Crippen LogP contribution in [0.2, 0.25) is 0 Å². The number of amides is 2. The summed E-state index contributed by atoms with van der Waals surface area (Å²) in [6.07, 6.45) is 2.97. The molecule has 0 saturated carbocycles. The van der Waals surface area contributed by atoms with Gasteiger partial charge in [-0.25, -0.2) is 8.42 Å². The lowest BCUT2D eigenvalue weighted by Crippen LogP contribution is -2.44. The van der Waals surface area contributed by atoms with E-state index in [9.17, 15) is 18.0 Å². The van der Waals surface area contributed by atoms with Crippen LogP contribution in [0.3, 0.4) is 0 Å². The average molecular weight is 486 g/mol. The van der Waals surface area contributed by atoms with Gasteiger partial charge in [0.1, 0.15) is 19.3 Å². The summed E-state index contributed by atoms with van der Waals surface area (Å²) >= 11 is 0. The SMILES string of the molecule is CC(=O)N1c2ccc(S(=O)(=O)N3CCCCC3)cc2C[C@H]1C(=O)Nc1ccc2c(c1)OCCO2. The van der Waals surface area contributed by atoms with Gasteiger partial charge in [-0.1, -0.05) is 6.42 Å². The van der Waals surface area contributed by atoms with E-state index in [-0.39, 0.29) is 23.1 Å². The molecular weight excluding hydrogens is 458 g/mol. The molecule has 180 valence electrons. The number of piperidine rings is 1. The number of rotatable bonds is 4. The van der Waals surface area contributed by atoms with Crippen LogP contribution in [0.1, 0.15) is 31.7 Å². The number of benzene rings is 2. The molecule has 2 aromatic rings. The maximum absolute atomic E-state index is 13.2. The molecule has 5 rings (SSSR count). The van der Waals surface area contributed by atoms with Crippen LogP contribution in [0, 0.1) is 0 Å². The Labute approximate surface area is 198 Å². The van der Waals surface area contributed by atoms with E-state index in [1.54, 1.807) is 30.3 Å². The van der Waals surface area contributed by atoms with E-state index < -0.39 is 16.1 Å². The highest BCUT2D eigenvalue weighted by atomic mass is 32.2. The number of anilines is 2. The van der Waals surface area contributed by atoms with Crippen molar-refractivity contribution in [2.75, 3.05) is 36.5 Å². The third kappa shape index (κ3) is 4.12. The molecule has 10 heteroatoms. The maximum Gasteiger partial charge on any atom is 0.247 e. The average Bonchev–Trinajstić information content (AvgIpc) is 3.24. The summed E-state index contributed by atoms with van der Waals surface area (Å²) in [5.74, 6) is 0.524. The van der Waals surface area contributed by atoms with Gasteiger partial charge in [0.25, 0.3) is 0 Å². The number of ether oxygens (including phenoxy) is 2. The standard InChI is InChI=1S/C24H27N3O6S/c1-16(28)27-20-7-6-19(34(30,31)26-9-3-2-4-10-26)13-17(20)14-21(27)24(29)25-18-5-8-22-23(15-18)33-12-11-32-22/h5-8,13,15,21H,2-4,9-12,14H2,1H3,(H,25,29)/t21-/m0/s1. The first-order chi connectivity index (χ1) is 16.3. The van der Waals surface area contributed by atoms with Crippen LogP contribution in [-0.4, -0.2) is 56.9 Å². The lowest BCUT2D eigenvalue weighted by molar-refractivity contribution is -0.122. The Morgan fingerprint density at radius 2 is 1.71 bits per heavy atom. The molecule has 1 fully saturated rings. The summed E-state index contributed by atoms with van der Waals surface area (Å²) in [6, 6.07) is 9.12. The van der Waals surface area contributed by atoms with E-state index in [2.05, 4.69) is 5.32 Å². The topological polar surface area (TPSA) is 105 Å². The van der Waals surface area contributed by atoms with Gasteiger partial charge in [0.15, 0.2) is 11.5 Å². The van der Waals surface area contributed by atoms with Crippen molar-refractivity contribution in [1.29, 1.82) is 0 Å². The molecule has 0 spiro atoms. The first kappa shape index (κ1) is 22.7. The van der Waals surface area contributed by atoms with E-state index in [1.807, 2.05) is 0 Å². The number of nitrogens with zero attached hydrogens (tertiary/aromatic N) is 2. The number of sulfonamides is 1. The third-order valence-electron chi connectivity index (χ3n) is 6.44. The second kappa shape index (κ2) is 8.92. The quantitative estimate of drug-likeness (QED) is 0.714. The van der Waals surface area contributed by atoms with Gasteiger partial charge in [0, 0.05) is 43.9 Å². The molecule has 2 amide bonds. The van der Waals surface area contributed by atoms with Crippen LogP contribution in [0.25, 0.3) is 0 Å². The van der Waals surface area contributed by atoms with Crippen LogP contribution >= 0.6 is 0 Å². The van der Waals surface area contributed by atoms with Crippen molar-refractivity contribution < 1.29 is 27.5 Å². The van der Waals surface area contributed by atoms with Gasteiger partial charge in [0.05, 0.1) is 4.90 Å². The molecule has 34 heavy (non-hydrogen) atoms. The predicted octanol–water partition coefficient (Wildman–Crippen LogP) is 2.55. The maximum atomic E-state index is 13.2. The third-order valence-corrected chi connectivity index (χ3v) is 8.33. The molecule has 3 aliphatic heterocycles. The highest BCUT2D eigenvalue weighted by molar-refractivity contribution is 7.89. The molecule has 1 atom stereocenters. The normalized spacial score (nSPS) is 20.0. The molecule has 9 nitrogen and oxygen atoms in total. The van der Waals surface area contributed by atoms with E-state index in [0.717, 1.165) is 19.3 Å². The van der Waals surface area contributed by atoms with Gasteiger partial charge in [0.2, 0.25) is 21.8 Å². The van der Waals surface area contributed by atoms with Crippen LogP contribution in [-0.2, 0) is 26.0 Å². The van der Waals surface area contributed by atoms with Gasteiger partial charge in [-0.2, -0.15) is 4.31 Å². The highest BCUT2D eigenvalue weighted by Crippen LogP contribution is 2.36. The van der Waals surface area contributed by atoms with Gasteiger partial charge < -0.3 is 14.8 Å². The van der Waals surface area contributed by atoms with Crippen molar-refractivity contribution in [1.82, 2.24) is 4.31 Å². The zero-order chi connectivity index (χ0) is 23.9. The van der Waals surface area contributed by atoms with Crippen molar-refractivity contribution >= 4 is 33.2 Å². The fourth-order valence-electron chi connectivity index (χ4n) is 4.79. The van der Waals surface area contributed by atoms with Gasteiger partial charge in [-0.3, -0.25) is 14.5 Å². The van der Waals surface area contributed by atoms with Crippen LogP contribution in [0.15, 0.2) is 41.3 Å². The molecule has 1 N–H and O–H groups in total. The van der Waals surface area contributed by atoms with Crippen LogP contribution < -0.4 is 19.7 Å². The molecular formula is C24H27N3O6S. The lowest BCUT2D eigenvalue weighted by atomic mass is 10.1. The van der Waals surface area contributed by atoms with Crippen LogP contribution in [0.5, 0.6) is 11.5 Å². The zero-order valence-corrected chi connectivity index (χ0v) is 19.8. The molecule has 0 unspecified atom stereocenters. The van der Waals surface area contributed by atoms with Crippen molar-refractivity contribution in [2.24, 2.45) is 0 Å². The summed E-state index contributed by atoms with van der Waals surface area (Å²) in [7, 11) is -3.61. The fourth-order valence-corrected chi connectivity index (χ4v) is 6.36. The largest absolute Gasteiger partial charge is 0.486 e. The van der Waals surface area contributed by atoms with E-state index >= 15 is 0 Å². The molecule has 3 heterocycles. The summed E-state index contributed by atoms with van der Waals surface area (Å²) in [6.45, 7) is 3.34. The number of hydrogen-bond donors (Lipinski definition) is 1. The Kier molecular flexibility index (Phi) is 5.95. The molecule has 0 radical (unpaired) electrons. The summed E-state index contributed by atoms with van der Waals surface area (Å²) in [5, 5.41) is 2.86. The van der Waals surface area contributed by atoms with Gasteiger partial charge in [-0.15, -0.1) is 0 Å². The van der Waals surface area contributed by atoms with Crippen molar-refractivity contribution in [3.63, 3.8) is 0 Å². The second-order valence-electron chi connectivity index (χ2n) is 8.71. The molecule has 0 bridgehead atoms. The number of carbonyl (C=O) groups excluding carboxylic acids is 2. The molecule has 3 aliphatic rings. The number of fused-ring (bicyclic) bond motifs is 2. The Morgan fingerprint density at radius 1 is 0.971 bits per heavy atom. The number of hydrogen-bond acceptors (Lipinski definition) is 6. The molecule has 1 saturated heterocycles. The predicted molar refractivity (Wildman–Crippen MR) is 126 cm³/mol. The van der Waals surface area contributed by atoms with Crippen molar-refractivity contribution in [3.05, 3.63) is 42.0 Å². The van der Waals surface area contributed by atoms with Gasteiger partial charge >= 0.3 is 0 Å². The first-order valence-corrected chi connectivity index (χ1v) is 12.9. The Hall–Kier alpha value is -3.11. The summed E-state index contributed by atoms with van der Waals surface area (Å²) < 4.78 is 38.8. The number of nitrogens with one attached hydrogen (secondary N) is 1. The molecule has 0 aliphatic carbocycles. The van der Waals surface area contributed by atoms with Crippen LogP contribution in [0.4, 0.5) is 11.4 Å². The number of carbonyl (C=O) groups is 2. The van der Waals surface area contributed by atoms with E-state index in [1.165, 1.54) is 22.2 Å². The minimum absolute atomic E-state index is 0.199. The summed E-state index contributed by atoms with van der Waals surface area (Å²) in [4.78, 5) is 27.3. The van der Waals surface area contributed by atoms with Crippen molar-refractivity contribution in [2.45, 2.75) is 43.5 Å². The minimum Gasteiger partial charge on any atom is -0.486 e. The lowest BCUT2D eigenvalue weighted by Gasteiger charge is -2.26. The molecule has 0 aromatic heterocycles. The van der Waals surface area contributed by atoms with Gasteiger partial charge in [-0.05, 0) is 48.7 Å².